The van der Waals surface area contributed by atoms with Crippen molar-refractivity contribution in [2.24, 2.45) is 11.5 Å². The molecule has 4 nitrogen and oxygen atoms in total. The van der Waals surface area contributed by atoms with Crippen LogP contribution in [0.5, 0.6) is 0 Å². The second-order valence-electron chi connectivity index (χ2n) is 6.41. The van der Waals surface area contributed by atoms with Gasteiger partial charge in [0.2, 0.25) is 0 Å². The zero-order valence-electron chi connectivity index (χ0n) is 12.8. The highest BCUT2D eigenvalue weighted by molar-refractivity contribution is 4.79. The molecule has 0 unspecified atom stereocenters. The maximum absolute atomic E-state index is 5.58. The summed E-state index contributed by atoms with van der Waals surface area (Å²) >= 11 is 0. The Labute approximate surface area is 113 Å². The zero-order chi connectivity index (χ0) is 14.1. The summed E-state index contributed by atoms with van der Waals surface area (Å²) < 4.78 is 0. The minimum absolute atomic E-state index is 0.168. The zero-order valence-corrected chi connectivity index (χ0v) is 12.8. The Balaban J connectivity index is 3.52. The number of hydrogen-bond donors (Lipinski definition) is 4. The third-order valence-corrected chi connectivity index (χ3v) is 3.35. The second-order valence-corrected chi connectivity index (χ2v) is 6.41. The standard InChI is InChI=1S/C14H34N4/c1-13(2,7-9-15)17-11-5-6-12-18-14(3,4)8-10-16/h17-18H,5-12,15-16H2,1-4H3. The van der Waals surface area contributed by atoms with Crippen LogP contribution >= 0.6 is 0 Å². The van der Waals surface area contributed by atoms with Crippen LogP contribution in [-0.4, -0.2) is 37.3 Å². The monoisotopic (exact) mass is 258 g/mol. The molecule has 0 saturated carbocycles. The van der Waals surface area contributed by atoms with Crippen molar-refractivity contribution in [2.75, 3.05) is 26.2 Å². The van der Waals surface area contributed by atoms with Crippen molar-refractivity contribution < 1.29 is 0 Å². The van der Waals surface area contributed by atoms with Gasteiger partial charge in [-0.15, -0.1) is 0 Å². The van der Waals surface area contributed by atoms with Gasteiger partial charge in [0.25, 0.3) is 0 Å². The minimum atomic E-state index is 0.168. The molecule has 18 heavy (non-hydrogen) atoms. The van der Waals surface area contributed by atoms with Gasteiger partial charge in [-0.2, -0.15) is 0 Å². The van der Waals surface area contributed by atoms with Crippen molar-refractivity contribution in [2.45, 2.75) is 64.5 Å². The average Bonchev–Trinajstić information content (AvgIpc) is 2.22. The Morgan fingerprint density at radius 1 is 0.722 bits per heavy atom. The van der Waals surface area contributed by atoms with Crippen molar-refractivity contribution in [1.29, 1.82) is 0 Å². The second kappa shape index (κ2) is 8.86. The molecule has 0 aliphatic rings. The normalized spacial score (nSPS) is 13.0. The van der Waals surface area contributed by atoms with Crippen molar-refractivity contribution in [3.8, 4) is 0 Å². The predicted molar refractivity (Wildman–Crippen MR) is 80.7 cm³/mol. The van der Waals surface area contributed by atoms with E-state index >= 15 is 0 Å². The molecule has 0 heterocycles. The maximum atomic E-state index is 5.58. The Kier molecular flexibility index (Phi) is 8.78. The largest absolute Gasteiger partial charge is 0.330 e. The molecule has 0 rings (SSSR count). The molecule has 0 aromatic carbocycles. The Morgan fingerprint density at radius 3 is 1.33 bits per heavy atom. The molecule has 0 spiro atoms. The van der Waals surface area contributed by atoms with E-state index in [4.69, 9.17) is 11.5 Å². The quantitative estimate of drug-likeness (QED) is 0.420. The molecule has 0 saturated heterocycles. The summed E-state index contributed by atoms with van der Waals surface area (Å²) in [6.45, 7) is 12.5. The highest BCUT2D eigenvalue weighted by atomic mass is 15.0. The van der Waals surface area contributed by atoms with Crippen LogP contribution in [0, 0.1) is 0 Å². The van der Waals surface area contributed by atoms with E-state index in [1.807, 2.05) is 0 Å². The first-order valence-corrected chi connectivity index (χ1v) is 7.23. The maximum Gasteiger partial charge on any atom is 0.0137 e. The van der Waals surface area contributed by atoms with E-state index in [0.29, 0.717) is 0 Å². The Hall–Kier alpha value is -0.160. The van der Waals surface area contributed by atoms with Crippen LogP contribution in [-0.2, 0) is 0 Å². The van der Waals surface area contributed by atoms with Crippen molar-refractivity contribution >= 4 is 0 Å². The van der Waals surface area contributed by atoms with Gasteiger partial charge in [0, 0.05) is 11.1 Å². The third-order valence-electron chi connectivity index (χ3n) is 3.35. The van der Waals surface area contributed by atoms with Gasteiger partial charge in [-0.3, -0.25) is 0 Å². The molecule has 0 amide bonds. The molecule has 0 aromatic heterocycles. The van der Waals surface area contributed by atoms with E-state index in [0.717, 1.165) is 39.0 Å². The van der Waals surface area contributed by atoms with Gasteiger partial charge in [0.1, 0.15) is 0 Å². The van der Waals surface area contributed by atoms with E-state index in [9.17, 15) is 0 Å². The highest BCUT2D eigenvalue weighted by Gasteiger charge is 2.16. The summed E-state index contributed by atoms with van der Waals surface area (Å²) in [5, 5.41) is 7.11. The first-order chi connectivity index (χ1) is 8.33. The molecule has 0 radical (unpaired) electrons. The van der Waals surface area contributed by atoms with Crippen molar-refractivity contribution in [3.63, 3.8) is 0 Å². The summed E-state index contributed by atoms with van der Waals surface area (Å²) in [5.41, 5.74) is 11.5. The van der Waals surface area contributed by atoms with Gasteiger partial charge in [-0.1, -0.05) is 0 Å². The van der Waals surface area contributed by atoms with Gasteiger partial charge < -0.3 is 22.1 Å². The van der Waals surface area contributed by atoms with Crippen molar-refractivity contribution in [3.05, 3.63) is 0 Å². The highest BCUT2D eigenvalue weighted by Crippen LogP contribution is 2.08. The topological polar surface area (TPSA) is 76.1 Å². The lowest BCUT2D eigenvalue weighted by Crippen LogP contribution is -2.43. The number of hydrogen-bond acceptors (Lipinski definition) is 4. The summed E-state index contributed by atoms with van der Waals surface area (Å²) in [6, 6.07) is 0. The minimum Gasteiger partial charge on any atom is -0.330 e. The lowest BCUT2D eigenvalue weighted by molar-refractivity contribution is 0.346. The molecule has 0 bridgehead atoms. The molecule has 0 fully saturated rings. The van der Waals surface area contributed by atoms with E-state index in [1.165, 1.54) is 12.8 Å². The van der Waals surface area contributed by atoms with E-state index in [2.05, 4.69) is 38.3 Å². The van der Waals surface area contributed by atoms with Gasteiger partial charge in [0.15, 0.2) is 0 Å². The number of rotatable bonds is 11. The summed E-state index contributed by atoms with van der Waals surface area (Å²) in [5.74, 6) is 0. The van der Waals surface area contributed by atoms with Crippen LogP contribution in [0.25, 0.3) is 0 Å². The number of nitrogens with two attached hydrogens (primary N) is 2. The van der Waals surface area contributed by atoms with E-state index < -0.39 is 0 Å². The van der Waals surface area contributed by atoms with Crippen LogP contribution in [0.4, 0.5) is 0 Å². The predicted octanol–water partition coefficient (Wildman–Crippen LogP) is 1.20. The van der Waals surface area contributed by atoms with Gasteiger partial charge in [-0.25, -0.2) is 0 Å². The summed E-state index contributed by atoms with van der Waals surface area (Å²) in [7, 11) is 0. The molecular weight excluding hydrogens is 224 g/mol. The fraction of sp³-hybridized carbons (Fsp3) is 1.00. The number of unbranched alkanes of at least 4 members (excludes halogenated alkanes) is 1. The SMILES string of the molecule is CC(C)(CCN)NCCCCNC(C)(C)CCN. The van der Waals surface area contributed by atoms with Crippen LogP contribution in [0.1, 0.15) is 53.4 Å². The Morgan fingerprint density at radius 2 is 1.06 bits per heavy atom. The number of nitrogens with one attached hydrogen (secondary N) is 2. The average molecular weight is 258 g/mol. The van der Waals surface area contributed by atoms with Gasteiger partial charge in [-0.05, 0) is 79.6 Å². The van der Waals surface area contributed by atoms with E-state index in [1.54, 1.807) is 0 Å². The molecule has 0 aliphatic heterocycles. The van der Waals surface area contributed by atoms with E-state index in [-0.39, 0.29) is 11.1 Å². The first-order valence-electron chi connectivity index (χ1n) is 7.23. The molecule has 0 aromatic rings. The van der Waals surface area contributed by atoms with Crippen LogP contribution in [0.3, 0.4) is 0 Å². The summed E-state index contributed by atoms with van der Waals surface area (Å²) in [6.07, 6.45) is 4.43. The van der Waals surface area contributed by atoms with Gasteiger partial charge in [0.05, 0.1) is 0 Å². The molecule has 0 atom stereocenters. The van der Waals surface area contributed by atoms with Gasteiger partial charge >= 0.3 is 0 Å². The summed E-state index contributed by atoms with van der Waals surface area (Å²) in [4.78, 5) is 0. The molecule has 0 aliphatic carbocycles. The van der Waals surface area contributed by atoms with Crippen LogP contribution in [0.2, 0.25) is 0 Å². The van der Waals surface area contributed by atoms with Crippen LogP contribution in [0.15, 0.2) is 0 Å². The smallest absolute Gasteiger partial charge is 0.0137 e. The van der Waals surface area contributed by atoms with Crippen LogP contribution < -0.4 is 22.1 Å². The molecule has 110 valence electrons. The molecule has 4 heteroatoms. The third kappa shape index (κ3) is 9.83. The Bertz CT molecular complexity index is 180. The molecule has 6 N–H and O–H groups in total. The fourth-order valence-electron chi connectivity index (χ4n) is 2.00. The molecular formula is C14H34N4. The lowest BCUT2D eigenvalue weighted by Gasteiger charge is -2.27. The van der Waals surface area contributed by atoms with Crippen molar-refractivity contribution in [1.82, 2.24) is 10.6 Å². The lowest BCUT2D eigenvalue weighted by atomic mass is 10.00. The fourth-order valence-corrected chi connectivity index (χ4v) is 2.00. The first kappa shape index (κ1) is 17.8.